The Hall–Kier alpha value is -3.06. The molecule has 0 radical (unpaired) electrons. The van der Waals surface area contributed by atoms with Crippen LogP contribution in [0.15, 0.2) is 42.5 Å². The molecule has 2 N–H and O–H groups in total. The van der Waals surface area contributed by atoms with Crippen molar-refractivity contribution in [2.75, 3.05) is 25.6 Å². The third-order valence-electron chi connectivity index (χ3n) is 3.42. The number of hydrogen-bond acceptors (Lipinski definition) is 5. The van der Waals surface area contributed by atoms with Gasteiger partial charge < -0.3 is 24.6 Å². The number of amides is 1. The standard InChI is InChI=1S/C19H21NO6/c1-3-25-17-10-13(8-9-16(17)26-12-18(21)22)19(23)20-15-7-5-4-6-14(15)11-24-2/h4-10H,3,11-12H2,1-2H3,(H,20,23)(H,21,22). The monoisotopic (exact) mass is 359 g/mol. The second kappa shape index (κ2) is 9.43. The molecule has 0 atom stereocenters. The van der Waals surface area contributed by atoms with Gasteiger partial charge in [-0.2, -0.15) is 0 Å². The van der Waals surface area contributed by atoms with Crippen molar-refractivity contribution < 1.29 is 28.9 Å². The van der Waals surface area contributed by atoms with Crippen LogP contribution in [0.25, 0.3) is 0 Å². The Bertz CT molecular complexity index is 774. The van der Waals surface area contributed by atoms with Gasteiger partial charge in [-0.25, -0.2) is 4.79 Å². The Labute approximate surface area is 151 Å². The van der Waals surface area contributed by atoms with Gasteiger partial charge in [0.25, 0.3) is 5.91 Å². The lowest BCUT2D eigenvalue weighted by molar-refractivity contribution is -0.139. The largest absolute Gasteiger partial charge is 0.490 e. The van der Waals surface area contributed by atoms with Crippen molar-refractivity contribution in [1.29, 1.82) is 0 Å². The third kappa shape index (κ3) is 5.22. The fourth-order valence-corrected chi connectivity index (χ4v) is 2.29. The lowest BCUT2D eigenvalue weighted by atomic mass is 10.1. The minimum absolute atomic E-state index is 0.269. The number of ether oxygens (including phenoxy) is 3. The van der Waals surface area contributed by atoms with E-state index >= 15 is 0 Å². The van der Waals surface area contributed by atoms with Crippen molar-refractivity contribution in [2.45, 2.75) is 13.5 Å². The van der Waals surface area contributed by atoms with Crippen molar-refractivity contribution in [3.05, 3.63) is 53.6 Å². The van der Waals surface area contributed by atoms with E-state index < -0.39 is 12.6 Å². The van der Waals surface area contributed by atoms with Crippen molar-refractivity contribution in [1.82, 2.24) is 0 Å². The maximum absolute atomic E-state index is 12.6. The molecule has 0 unspecified atom stereocenters. The van der Waals surface area contributed by atoms with Gasteiger partial charge in [-0.05, 0) is 31.2 Å². The molecule has 2 aromatic carbocycles. The van der Waals surface area contributed by atoms with E-state index in [1.807, 2.05) is 18.2 Å². The number of nitrogens with one attached hydrogen (secondary N) is 1. The molecule has 0 spiro atoms. The van der Waals surface area contributed by atoms with Gasteiger partial charge in [0.2, 0.25) is 0 Å². The molecule has 0 fully saturated rings. The number of carboxylic acid groups (broad SMARTS) is 1. The number of methoxy groups -OCH3 is 1. The number of carboxylic acids is 1. The average Bonchev–Trinajstić information content (AvgIpc) is 2.62. The van der Waals surface area contributed by atoms with Crippen LogP contribution >= 0.6 is 0 Å². The van der Waals surface area contributed by atoms with Crippen LogP contribution in [0.4, 0.5) is 5.69 Å². The zero-order valence-corrected chi connectivity index (χ0v) is 14.7. The molecule has 7 heteroatoms. The molecule has 2 aromatic rings. The summed E-state index contributed by atoms with van der Waals surface area (Å²) in [6.07, 6.45) is 0. The predicted molar refractivity (Wildman–Crippen MR) is 95.9 cm³/mol. The summed E-state index contributed by atoms with van der Waals surface area (Å²) >= 11 is 0. The van der Waals surface area contributed by atoms with Gasteiger partial charge in [0.1, 0.15) is 0 Å². The number of anilines is 1. The van der Waals surface area contributed by atoms with Gasteiger partial charge in [-0.15, -0.1) is 0 Å². The summed E-state index contributed by atoms with van der Waals surface area (Å²) in [6, 6.07) is 11.9. The molecule has 138 valence electrons. The summed E-state index contributed by atoms with van der Waals surface area (Å²) in [4.78, 5) is 23.2. The summed E-state index contributed by atoms with van der Waals surface area (Å²) in [6.45, 7) is 2.03. The van der Waals surface area contributed by atoms with E-state index in [1.165, 1.54) is 12.1 Å². The van der Waals surface area contributed by atoms with E-state index in [9.17, 15) is 9.59 Å². The molecule has 0 saturated carbocycles. The van der Waals surface area contributed by atoms with Gasteiger partial charge in [0, 0.05) is 23.9 Å². The van der Waals surface area contributed by atoms with Crippen LogP contribution in [0, 0.1) is 0 Å². The normalized spacial score (nSPS) is 10.2. The summed E-state index contributed by atoms with van der Waals surface area (Å²) in [5.41, 5.74) is 1.88. The van der Waals surface area contributed by atoms with Crippen molar-refractivity contribution >= 4 is 17.6 Å². The van der Waals surface area contributed by atoms with Crippen LogP contribution in [0.5, 0.6) is 11.5 Å². The summed E-state index contributed by atoms with van der Waals surface area (Å²) in [5.74, 6) is -0.833. The first kappa shape index (κ1) is 19.3. The highest BCUT2D eigenvalue weighted by Gasteiger charge is 2.14. The number of hydrogen-bond donors (Lipinski definition) is 2. The Morgan fingerprint density at radius 2 is 1.85 bits per heavy atom. The second-order valence-electron chi connectivity index (χ2n) is 5.32. The van der Waals surface area contributed by atoms with Crippen LogP contribution in [-0.4, -0.2) is 37.3 Å². The smallest absolute Gasteiger partial charge is 0.341 e. The minimum Gasteiger partial charge on any atom is -0.490 e. The Morgan fingerprint density at radius 3 is 2.54 bits per heavy atom. The van der Waals surface area contributed by atoms with Gasteiger partial charge in [-0.1, -0.05) is 18.2 Å². The molecule has 0 aromatic heterocycles. The number of carbonyl (C=O) groups is 2. The number of aliphatic carboxylic acids is 1. The quantitative estimate of drug-likeness (QED) is 0.715. The fourth-order valence-electron chi connectivity index (χ4n) is 2.29. The Balaban J connectivity index is 2.20. The number of carbonyl (C=O) groups excluding carboxylic acids is 1. The van der Waals surface area contributed by atoms with Crippen molar-refractivity contribution in [3.63, 3.8) is 0 Å². The zero-order valence-electron chi connectivity index (χ0n) is 14.7. The number of benzene rings is 2. The first-order chi connectivity index (χ1) is 12.5. The highest BCUT2D eigenvalue weighted by atomic mass is 16.5. The van der Waals surface area contributed by atoms with Gasteiger partial charge in [0.15, 0.2) is 18.1 Å². The molecular weight excluding hydrogens is 338 g/mol. The fraction of sp³-hybridized carbons (Fsp3) is 0.263. The molecule has 1 amide bonds. The first-order valence-electron chi connectivity index (χ1n) is 8.04. The number of rotatable bonds is 9. The molecule has 0 bridgehead atoms. The van der Waals surface area contributed by atoms with Crippen LogP contribution in [0.2, 0.25) is 0 Å². The Morgan fingerprint density at radius 1 is 1.08 bits per heavy atom. The molecule has 0 aliphatic carbocycles. The minimum atomic E-state index is -1.09. The summed E-state index contributed by atoms with van der Waals surface area (Å²) < 4.78 is 15.8. The van der Waals surface area contributed by atoms with Gasteiger partial charge in [-0.3, -0.25) is 4.79 Å². The molecule has 7 nitrogen and oxygen atoms in total. The first-order valence-corrected chi connectivity index (χ1v) is 8.04. The van der Waals surface area contributed by atoms with E-state index in [0.29, 0.717) is 30.2 Å². The highest BCUT2D eigenvalue weighted by molar-refractivity contribution is 6.05. The van der Waals surface area contributed by atoms with E-state index in [-0.39, 0.29) is 11.7 Å². The molecule has 0 heterocycles. The molecule has 0 saturated heterocycles. The third-order valence-corrected chi connectivity index (χ3v) is 3.42. The average molecular weight is 359 g/mol. The molecule has 26 heavy (non-hydrogen) atoms. The van der Waals surface area contributed by atoms with Gasteiger partial charge >= 0.3 is 5.97 Å². The predicted octanol–water partition coefficient (Wildman–Crippen LogP) is 2.95. The van der Waals surface area contributed by atoms with E-state index in [2.05, 4.69) is 5.32 Å². The maximum Gasteiger partial charge on any atom is 0.341 e. The zero-order chi connectivity index (χ0) is 18.9. The van der Waals surface area contributed by atoms with Crippen LogP contribution in [0.1, 0.15) is 22.8 Å². The molecule has 2 rings (SSSR count). The van der Waals surface area contributed by atoms with Crippen LogP contribution in [0.3, 0.4) is 0 Å². The summed E-state index contributed by atoms with van der Waals surface area (Å²) in [7, 11) is 1.59. The topological polar surface area (TPSA) is 94.1 Å². The highest BCUT2D eigenvalue weighted by Crippen LogP contribution is 2.29. The van der Waals surface area contributed by atoms with Crippen molar-refractivity contribution in [3.8, 4) is 11.5 Å². The SMILES string of the molecule is CCOc1cc(C(=O)Nc2ccccc2COC)ccc1OCC(=O)O. The second-order valence-corrected chi connectivity index (χ2v) is 5.32. The van der Waals surface area contributed by atoms with Gasteiger partial charge in [0.05, 0.1) is 13.2 Å². The number of para-hydroxylation sites is 1. The lowest BCUT2D eigenvalue weighted by Gasteiger charge is -2.13. The molecule has 0 aliphatic heterocycles. The van der Waals surface area contributed by atoms with E-state index in [4.69, 9.17) is 19.3 Å². The Kier molecular flexibility index (Phi) is 6.99. The lowest BCUT2D eigenvalue weighted by Crippen LogP contribution is -2.14. The maximum atomic E-state index is 12.6. The van der Waals surface area contributed by atoms with Crippen LogP contribution < -0.4 is 14.8 Å². The van der Waals surface area contributed by atoms with E-state index in [1.54, 1.807) is 26.2 Å². The van der Waals surface area contributed by atoms with Crippen molar-refractivity contribution in [2.24, 2.45) is 0 Å². The molecule has 0 aliphatic rings. The summed E-state index contributed by atoms with van der Waals surface area (Å²) in [5, 5.41) is 11.6. The van der Waals surface area contributed by atoms with E-state index in [0.717, 1.165) is 5.56 Å². The van der Waals surface area contributed by atoms with Crippen LogP contribution in [-0.2, 0) is 16.1 Å². The molecular formula is C19H21NO6.